The van der Waals surface area contributed by atoms with Gasteiger partial charge >= 0.3 is 5.97 Å². The summed E-state index contributed by atoms with van der Waals surface area (Å²) in [6.45, 7) is -1.24. The summed E-state index contributed by atoms with van der Waals surface area (Å²) >= 11 is 0. The first-order chi connectivity index (χ1) is 7.51. The van der Waals surface area contributed by atoms with Crippen molar-refractivity contribution in [1.82, 2.24) is 0 Å². The molecular formula is C10H11F2NO3. The average molecular weight is 231 g/mol. The Morgan fingerprint density at radius 1 is 1.44 bits per heavy atom. The summed E-state index contributed by atoms with van der Waals surface area (Å²) in [4.78, 5) is 13.9. The quantitative estimate of drug-likeness (QED) is 0.811. The van der Waals surface area contributed by atoms with E-state index < -0.39 is 18.2 Å². The van der Waals surface area contributed by atoms with E-state index in [2.05, 4.69) is 4.94 Å². The highest BCUT2D eigenvalue weighted by molar-refractivity contribution is 5.80. The molecule has 0 spiro atoms. The number of halogens is 2. The van der Waals surface area contributed by atoms with Crippen LogP contribution in [0.3, 0.4) is 0 Å². The van der Waals surface area contributed by atoms with Crippen molar-refractivity contribution in [2.24, 2.45) is 5.73 Å². The van der Waals surface area contributed by atoms with Crippen LogP contribution in [-0.2, 0) is 16.2 Å². The molecule has 3 N–H and O–H groups in total. The van der Waals surface area contributed by atoms with Crippen molar-refractivity contribution < 1.29 is 23.8 Å². The van der Waals surface area contributed by atoms with Gasteiger partial charge in [-0.2, -0.15) is 0 Å². The molecule has 0 aromatic heterocycles. The van der Waals surface area contributed by atoms with E-state index in [0.29, 0.717) is 5.56 Å². The van der Waals surface area contributed by atoms with Crippen molar-refractivity contribution in [2.75, 3.05) is 6.67 Å². The van der Waals surface area contributed by atoms with Crippen LogP contribution in [0.1, 0.15) is 5.56 Å². The van der Waals surface area contributed by atoms with Gasteiger partial charge in [-0.1, -0.05) is 12.1 Å². The second kappa shape index (κ2) is 4.89. The summed E-state index contributed by atoms with van der Waals surface area (Å²) in [5, 5.41) is 9.01. The summed E-state index contributed by atoms with van der Waals surface area (Å²) in [6, 6.07) is 5.62. The molecule has 0 bridgehead atoms. The highest BCUT2D eigenvalue weighted by Gasteiger charge is 2.37. The van der Waals surface area contributed by atoms with Crippen LogP contribution in [0.15, 0.2) is 24.3 Å². The predicted octanol–water partition coefficient (Wildman–Crippen LogP) is 1.03. The van der Waals surface area contributed by atoms with Crippen LogP contribution in [0.5, 0.6) is 5.75 Å². The van der Waals surface area contributed by atoms with E-state index in [4.69, 9.17) is 10.8 Å². The van der Waals surface area contributed by atoms with Crippen LogP contribution in [-0.4, -0.2) is 23.3 Å². The molecule has 0 aliphatic heterocycles. The zero-order valence-corrected chi connectivity index (χ0v) is 8.32. The summed E-state index contributed by atoms with van der Waals surface area (Å²) in [6.07, 6.45) is -0.216. The third-order valence-electron chi connectivity index (χ3n) is 2.17. The SMILES string of the molecule is N[C@@](CF)(Cc1ccc(O)cc1)C(=O)OF. The minimum absolute atomic E-state index is 0.0275. The monoisotopic (exact) mass is 231 g/mol. The first-order valence-corrected chi connectivity index (χ1v) is 4.47. The topological polar surface area (TPSA) is 72.5 Å². The minimum Gasteiger partial charge on any atom is -0.508 e. The van der Waals surface area contributed by atoms with Gasteiger partial charge in [0, 0.05) is 10.9 Å². The Kier molecular flexibility index (Phi) is 3.78. The molecular weight excluding hydrogens is 220 g/mol. The molecule has 6 heteroatoms. The summed E-state index contributed by atoms with van der Waals surface area (Å²) in [5.41, 5.74) is 3.82. The molecule has 0 heterocycles. The van der Waals surface area contributed by atoms with Crippen LogP contribution >= 0.6 is 0 Å². The number of phenolic OH excluding ortho intramolecular Hbond substituents is 1. The van der Waals surface area contributed by atoms with E-state index in [1.165, 1.54) is 24.3 Å². The largest absolute Gasteiger partial charge is 0.508 e. The standard InChI is InChI=1S/C10H11F2NO3/c11-6-10(13,9(15)16-12)5-7-1-3-8(14)4-2-7/h1-4,14H,5-6,13H2/t10-/m1/s1. The molecule has 1 aromatic carbocycles. The molecule has 1 aromatic rings. The van der Waals surface area contributed by atoms with Crippen LogP contribution < -0.4 is 5.73 Å². The van der Waals surface area contributed by atoms with Crippen LogP contribution in [0, 0.1) is 0 Å². The van der Waals surface area contributed by atoms with Crippen molar-refractivity contribution in [3.8, 4) is 5.75 Å². The molecule has 0 fully saturated rings. The average Bonchev–Trinajstić information content (AvgIpc) is 2.31. The molecule has 88 valence electrons. The fourth-order valence-electron chi connectivity index (χ4n) is 1.23. The van der Waals surface area contributed by atoms with Crippen molar-refractivity contribution in [3.63, 3.8) is 0 Å². The number of carbonyl (C=O) groups is 1. The number of nitrogens with two attached hydrogens (primary N) is 1. The smallest absolute Gasteiger partial charge is 0.371 e. The molecule has 1 atom stereocenters. The van der Waals surface area contributed by atoms with Gasteiger partial charge in [0.15, 0.2) is 5.54 Å². The van der Waals surface area contributed by atoms with Gasteiger partial charge in [-0.3, -0.25) is 4.94 Å². The highest BCUT2D eigenvalue weighted by Crippen LogP contribution is 2.17. The second-order valence-corrected chi connectivity index (χ2v) is 3.50. The van der Waals surface area contributed by atoms with Crippen LogP contribution in [0.2, 0.25) is 0 Å². The molecule has 0 saturated heterocycles. The normalized spacial score (nSPS) is 14.2. The third-order valence-corrected chi connectivity index (χ3v) is 2.17. The Morgan fingerprint density at radius 3 is 2.44 bits per heavy atom. The van der Waals surface area contributed by atoms with Gasteiger partial charge in [0.05, 0.1) is 0 Å². The molecule has 0 aliphatic rings. The highest BCUT2D eigenvalue weighted by atomic mass is 19.3. The molecule has 0 amide bonds. The number of rotatable bonds is 4. The van der Waals surface area contributed by atoms with E-state index >= 15 is 0 Å². The predicted molar refractivity (Wildman–Crippen MR) is 51.9 cm³/mol. The van der Waals surface area contributed by atoms with E-state index in [1.807, 2.05) is 0 Å². The number of phenols is 1. The van der Waals surface area contributed by atoms with Crippen molar-refractivity contribution in [2.45, 2.75) is 12.0 Å². The maximum absolute atomic E-state index is 12.6. The molecule has 0 unspecified atom stereocenters. The zero-order valence-electron chi connectivity index (χ0n) is 8.32. The van der Waals surface area contributed by atoms with Gasteiger partial charge in [-0.05, 0) is 17.7 Å². The lowest BCUT2D eigenvalue weighted by Gasteiger charge is -2.21. The van der Waals surface area contributed by atoms with Crippen molar-refractivity contribution in [3.05, 3.63) is 29.8 Å². The van der Waals surface area contributed by atoms with Crippen LogP contribution in [0.4, 0.5) is 8.92 Å². The third kappa shape index (κ3) is 2.66. The molecule has 0 radical (unpaired) electrons. The molecule has 16 heavy (non-hydrogen) atoms. The van der Waals surface area contributed by atoms with Gasteiger partial charge in [-0.25, -0.2) is 9.18 Å². The number of aromatic hydroxyl groups is 1. The van der Waals surface area contributed by atoms with E-state index in [9.17, 15) is 13.7 Å². The van der Waals surface area contributed by atoms with Gasteiger partial charge < -0.3 is 10.8 Å². The summed E-state index contributed by atoms with van der Waals surface area (Å²) in [5.74, 6) is -1.43. The molecule has 0 aliphatic carbocycles. The Labute approximate surface area is 90.5 Å². The fourth-order valence-corrected chi connectivity index (χ4v) is 1.23. The lowest BCUT2D eigenvalue weighted by atomic mass is 9.93. The number of hydrogen-bond acceptors (Lipinski definition) is 4. The molecule has 0 saturated carbocycles. The number of benzene rings is 1. The fraction of sp³-hybridized carbons (Fsp3) is 0.300. The van der Waals surface area contributed by atoms with E-state index in [0.717, 1.165) is 0 Å². The van der Waals surface area contributed by atoms with Gasteiger partial charge in [0.2, 0.25) is 0 Å². The van der Waals surface area contributed by atoms with E-state index in [-0.39, 0.29) is 12.2 Å². The molecule has 1 rings (SSSR count). The Morgan fingerprint density at radius 2 is 2.00 bits per heavy atom. The Hall–Kier alpha value is -1.69. The van der Waals surface area contributed by atoms with Crippen molar-refractivity contribution >= 4 is 5.97 Å². The van der Waals surface area contributed by atoms with E-state index in [1.54, 1.807) is 0 Å². The number of carbonyl (C=O) groups excluding carboxylic acids is 1. The Balaban J connectivity index is 2.84. The summed E-state index contributed by atoms with van der Waals surface area (Å²) in [7, 11) is 0. The number of alkyl halides is 1. The maximum Gasteiger partial charge on any atom is 0.371 e. The van der Waals surface area contributed by atoms with Crippen LogP contribution in [0.25, 0.3) is 0 Å². The first kappa shape index (κ1) is 12.4. The molecule has 4 nitrogen and oxygen atoms in total. The lowest BCUT2D eigenvalue weighted by molar-refractivity contribution is -0.191. The van der Waals surface area contributed by atoms with Gasteiger partial charge in [0.1, 0.15) is 12.4 Å². The Bertz CT molecular complexity index is 369. The van der Waals surface area contributed by atoms with Gasteiger partial charge in [0.25, 0.3) is 0 Å². The summed E-state index contributed by atoms with van der Waals surface area (Å²) < 4.78 is 24.3. The lowest BCUT2D eigenvalue weighted by Crippen LogP contribution is -2.52. The maximum atomic E-state index is 12.6. The number of hydrogen-bond donors (Lipinski definition) is 2. The minimum atomic E-state index is -2.04. The van der Waals surface area contributed by atoms with Crippen molar-refractivity contribution in [1.29, 1.82) is 0 Å². The zero-order chi connectivity index (χ0) is 12.2. The van der Waals surface area contributed by atoms with Gasteiger partial charge in [-0.15, -0.1) is 0 Å². The second-order valence-electron chi connectivity index (χ2n) is 3.50. The first-order valence-electron chi connectivity index (χ1n) is 4.47.